The predicted octanol–water partition coefficient (Wildman–Crippen LogP) is 2.45. The molecule has 0 aromatic heterocycles. The summed E-state index contributed by atoms with van der Waals surface area (Å²) < 4.78 is 5.13. The Morgan fingerprint density at radius 3 is 2.50 bits per heavy atom. The van der Waals surface area contributed by atoms with E-state index in [0.29, 0.717) is 6.61 Å². The maximum absolute atomic E-state index is 11.7. The van der Waals surface area contributed by atoms with Crippen molar-refractivity contribution < 1.29 is 9.53 Å². The van der Waals surface area contributed by atoms with Crippen LogP contribution in [0.3, 0.4) is 0 Å². The summed E-state index contributed by atoms with van der Waals surface area (Å²) in [7, 11) is 0. The highest BCUT2D eigenvalue weighted by molar-refractivity contribution is 5.72. The second-order valence-electron chi connectivity index (χ2n) is 6.30. The van der Waals surface area contributed by atoms with Crippen LogP contribution in [0.15, 0.2) is 0 Å². The molecule has 3 rings (SSSR count). The topological polar surface area (TPSA) is 29.5 Å². The largest absolute Gasteiger partial charge is 0.466 e. The van der Waals surface area contributed by atoms with E-state index in [1.807, 2.05) is 6.92 Å². The van der Waals surface area contributed by atoms with E-state index < -0.39 is 0 Å². The SMILES string of the molecule is CCOC(=O)C1CCN(C2CC3CCC2C3)CC1. The third-order valence-corrected chi connectivity index (χ3v) is 5.32. The lowest BCUT2D eigenvalue weighted by Crippen LogP contribution is -2.45. The summed E-state index contributed by atoms with van der Waals surface area (Å²) in [4.78, 5) is 14.4. The molecule has 3 atom stereocenters. The minimum atomic E-state index is 0.0325. The van der Waals surface area contributed by atoms with Gasteiger partial charge in [0.1, 0.15) is 0 Å². The number of likely N-dealkylation sites (tertiary alicyclic amines) is 1. The lowest BCUT2D eigenvalue weighted by atomic mass is 9.90. The van der Waals surface area contributed by atoms with Crippen molar-refractivity contribution in [2.24, 2.45) is 17.8 Å². The van der Waals surface area contributed by atoms with Gasteiger partial charge in [-0.3, -0.25) is 4.79 Å². The molecule has 0 radical (unpaired) electrons. The summed E-state index contributed by atoms with van der Waals surface area (Å²) >= 11 is 0. The zero-order valence-corrected chi connectivity index (χ0v) is 11.4. The lowest BCUT2D eigenvalue weighted by molar-refractivity contribution is -0.149. The zero-order chi connectivity index (χ0) is 12.5. The van der Waals surface area contributed by atoms with Crippen LogP contribution in [-0.4, -0.2) is 36.6 Å². The molecule has 2 saturated carbocycles. The summed E-state index contributed by atoms with van der Waals surface area (Å²) in [5.74, 6) is 2.18. The second-order valence-corrected chi connectivity index (χ2v) is 6.30. The average molecular weight is 251 g/mol. The molecule has 2 aliphatic carbocycles. The molecule has 0 aromatic carbocycles. The molecule has 3 nitrogen and oxygen atoms in total. The van der Waals surface area contributed by atoms with Gasteiger partial charge in [-0.2, -0.15) is 0 Å². The normalized spacial score (nSPS) is 37.1. The molecule has 2 bridgehead atoms. The van der Waals surface area contributed by atoms with Crippen molar-refractivity contribution in [3.05, 3.63) is 0 Å². The van der Waals surface area contributed by atoms with Crippen LogP contribution in [-0.2, 0) is 9.53 Å². The fourth-order valence-corrected chi connectivity index (χ4v) is 4.39. The summed E-state index contributed by atoms with van der Waals surface area (Å²) in [6.45, 7) is 4.63. The molecule has 1 saturated heterocycles. The standard InChI is InChI=1S/C15H25NO2/c1-2-18-15(17)12-5-7-16(8-6-12)14-10-11-3-4-13(14)9-11/h11-14H,2-10H2,1H3. The van der Waals surface area contributed by atoms with E-state index >= 15 is 0 Å². The minimum Gasteiger partial charge on any atom is -0.466 e. The molecule has 1 heterocycles. The Balaban J connectivity index is 1.50. The fraction of sp³-hybridized carbons (Fsp3) is 0.933. The molecule has 3 unspecified atom stereocenters. The van der Waals surface area contributed by atoms with Gasteiger partial charge < -0.3 is 9.64 Å². The summed E-state index contributed by atoms with van der Waals surface area (Å²) in [5, 5.41) is 0. The van der Waals surface area contributed by atoms with E-state index in [0.717, 1.165) is 43.8 Å². The number of piperidine rings is 1. The number of rotatable bonds is 3. The average Bonchev–Trinajstić information content (AvgIpc) is 3.01. The number of nitrogens with zero attached hydrogens (tertiary/aromatic N) is 1. The number of hydrogen-bond acceptors (Lipinski definition) is 3. The maximum atomic E-state index is 11.7. The number of esters is 1. The Hall–Kier alpha value is -0.570. The van der Waals surface area contributed by atoms with Crippen molar-refractivity contribution in [1.29, 1.82) is 0 Å². The Morgan fingerprint density at radius 2 is 1.94 bits per heavy atom. The van der Waals surface area contributed by atoms with Crippen LogP contribution in [0.4, 0.5) is 0 Å². The van der Waals surface area contributed by atoms with E-state index in [1.54, 1.807) is 0 Å². The van der Waals surface area contributed by atoms with Crippen molar-refractivity contribution in [2.75, 3.05) is 19.7 Å². The molecule has 0 amide bonds. The molecule has 3 heteroatoms. The van der Waals surface area contributed by atoms with Gasteiger partial charge >= 0.3 is 5.97 Å². The number of hydrogen-bond donors (Lipinski definition) is 0. The van der Waals surface area contributed by atoms with Crippen LogP contribution >= 0.6 is 0 Å². The highest BCUT2D eigenvalue weighted by Crippen LogP contribution is 2.47. The highest BCUT2D eigenvalue weighted by atomic mass is 16.5. The van der Waals surface area contributed by atoms with E-state index in [4.69, 9.17) is 4.74 Å². The van der Waals surface area contributed by atoms with Gasteiger partial charge in [0.2, 0.25) is 0 Å². The van der Waals surface area contributed by atoms with Gasteiger partial charge in [-0.1, -0.05) is 6.42 Å². The first-order valence-corrected chi connectivity index (χ1v) is 7.68. The van der Waals surface area contributed by atoms with Crippen molar-refractivity contribution in [3.63, 3.8) is 0 Å². The molecular weight excluding hydrogens is 226 g/mol. The molecule has 18 heavy (non-hydrogen) atoms. The van der Waals surface area contributed by atoms with Gasteiger partial charge in [0.05, 0.1) is 12.5 Å². The van der Waals surface area contributed by atoms with Crippen molar-refractivity contribution in [1.82, 2.24) is 4.90 Å². The van der Waals surface area contributed by atoms with Crippen LogP contribution in [0, 0.1) is 17.8 Å². The fourth-order valence-electron chi connectivity index (χ4n) is 4.39. The molecule has 1 aliphatic heterocycles. The molecule has 3 fully saturated rings. The maximum Gasteiger partial charge on any atom is 0.309 e. The minimum absolute atomic E-state index is 0.0325. The summed E-state index contributed by atoms with van der Waals surface area (Å²) in [5.41, 5.74) is 0. The molecule has 0 aromatic rings. The molecule has 0 spiro atoms. The quantitative estimate of drug-likeness (QED) is 0.722. The van der Waals surface area contributed by atoms with Crippen LogP contribution in [0.2, 0.25) is 0 Å². The van der Waals surface area contributed by atoms with Crippen LogP contribution < -0.4 is 0 Å². The molecular formula is C15H25NO2. The van der Waals surface area contributed by atoms with Crippen molar-refractivity contribution in [3.8, 4) is 0 Å². The number of fused-ring (bicyclic) bond motifs is 2. The number of carbonyl (C=O) groups is 1. The molecule has 3 aliphatic rings. The van der Waals surface area contributed by atoms with E-state index in [2.05, 4.69) is 4.90 Å². The van der Waals surface area contributed by atoms with Gasteiger partial charge in [-0.25, -0.2) is 0 Å². The van der Waals surface area contributed by atoms with Gasteiger partial charge in [-0.05, 0) is 64.0 Å². The van der Waals surface area contributed by atoms with E-state index in [-0.39, 0.29) is 11.9 Å². The lowest BCUT2D eigenvalue weighted by Gasteiger charge is -2.39. The Bertz CT molecular complexity index is 310. The van der Waals surface area contributed by atoms with Crippen LogP contribution in [0.5, 0.6) is 0 Å². The highest BCUT2D eigenvalue weighted by Gasteiger charge is 2.43. The van der Waals surface area contributed by atoms with E-state index in [9.17, 15) is 4.79 Å². The molecule has 102 valence electrons. The van der Waals surface area contributed by atoms with Gasteiger partial charge in [0, 0.05) is 6.04 Å². The zero-order valence-electron chi connectivity index (χ0n) is 11.4. The first-order valence-electron chi connectivity index (χ1n) is 7.68. The number of ether oxygens (including phenoxy) is 1. The molecule has 0 N–H and O–H groups in total. The van der Waals surface area contributed by atoms with Crippen LogP contribution in [0.25, 0.3) is 0 Å². The smallest absolute Gasteiger partial charge is 0.309 e. The van der Waals surface area contributed by atoms with Crippen molar-refractivity contribution >= 4 is 5.97 Å². The van der Waals surface area contributed by atoms with E-state index in [1.165, 1.54) is 25.7 Å². The van der Waals surface area contributed by atoms with Crippen molar-refractivity contribution in [2.45, 2.75) is 51.5 Å². The van der Waals surface area contributed by atoms with Gasteiger partial charge in [0.25, 0.3) is 0 Å². The van der Waals surface area contributed by atoms with Gasteiger partial charge in [0.15, 0.2) is 0 Å². The third kappa shape index (κ3) is 2.29. The monoisotopic (exact) mass is 251 g/mol. The summed E-state index contributed by atoms with van der Waals surface area (Å²) in [6.07, 6.45) is 7.84. The Morgan fingerprint density at radius 1 is 1.17 bits per heavy atom. The Kier molecular flexibility index (Phi) is 3.60. The third-order valence-electron chi connectivity index (χ3n) is 5.32. The summed E-state index contributed by atoms with van der Waals surface area (Å²) in [6, 6.07) is 0.840. The second kappa shape index (κ2) is 5.20. The van der Waals surface area contributed by atoms with Crippen LogP contribution in [0.1, 0.15) is 45.4 Å². The first-order chi connectivity index (χ1) is 8.78. The number of carbonyl (C=O) groups excluding carboxylic acids is 1. The predicted molar refractivity (Wildman–Crippen MR) is 70.2 cm³/mol. The first kappa shape index (κ1) is 12.5. The van der Waals surface area contributed by atoms with Gasteiger partial charge in [-0.15, -0.1) is 0 Å². The Labute approximate surface area is 110 Å².